The third-order valence-corrected chi connectivity index (χ3v) is 5.21. The second-order valence-corrected chi connectivity index (χ2v) is 7.69. The van der Waals surface area contributed by atoms with Gasteiger partial charge in [-0.25, -0.2) is 0 Å². The molecule has 33 heavy (non-hydrogen) atoms. The Morgan fingerprint density at radius 2 is 1.79 bits per heavy atom. The Kier molecular flexibility index (Phi) is 6.85. The van der Waals surface area contributed by atoms with Gasteiger partial charge in [0.05, 0.1) is 11.6 Å². The van der Waals surface area contributed by atoms with E-state index in [0.717, 1.165) is 29.3 Å². The molecule has 0 saturated carbocycles. The van der Waals surface area contributed by atoms with Crippen LogP contribution in [0.3, 0.4) is 0 Å². The molecule has 0 radical (unpaired) electrons. The van der Waals surface area contributed by atoms with Gasteiger partial charge in [-0.05, 0) is 53.3 Å². The third-order valence-electron chi connectivity index (χ3n) is 5.21. The van der Waals surface area contributed by atoms with Crippen LogP contribution < -0.4 is 10.6 Å². The molecule has 0 spiro atoms. The first-order valence-electron chi connectivity index (χ1n) is 9.97. The zero-order valence-corrected chi connectivity index (χ0v) is 17.3. The van der Waals surface area contributed by atoms with Crippen molar-refractivity contribution in [3.05, 3.63) is 76.4 Å². The molecule has 2 aromatic carbocycles. The molecule has 1 aliphatic carbocycles. The van der Waals surface area contributed by atoms with Crippen molar-refractivity contribution >= 4 is 17.9 Å². The van der Waals surface area contributed by atoms with Crippen LogP contribution in [0, 0.1) is 0 Å². The molecule has 2 aromatic rings. The summed E-state index contributed by atoms with van der Waals surface area (Å²) >= 11 is 0. The Balaban J connectivity index is 1.75. The van der Waals surface area contributed by atoms with Crippen LogP contribution >= 0.6 is 0 Å². The Bertz CT molecular complexity index is 1080. The van der Waals surface area contributed by atoms with Crippen molar-refractivity contribution in [3.63, 3.8) is 0 Å². The average Bonchev–Trinajstić information content (AvgIpc) is 3.10. The van der Waals surface area contributed by atoms with E-state index in [1.807, 2.05) is 0 Å². The zero-order chi connectivity index (χ0) is 24.4. The van der Waals surface area contributed by atoms with Crippen molar-refractivity contribution in [2.75, 3.05) is 0 Å². The van der Waals surface area contributed by atoms with Gasteiger partial charge in [-0.2, -0.15) is 26.3 Å². The lowest BCUT2D eigenvalue weighted by atomic mass is 10.0. The topological polar surface area (TPSA) is 58.2 Å². The molecule has 0 aliphatic heterocycles. The second-order valence-electron chi connectivity index (χ2n) is 7.69. The summed E-state index contributed by atoms with van der Waals surface area (Å²) in [5.74, 6) is -1.26. The lowest BCUT2D eigenvalue weighted by Gasteiger charge is -2.22. The molecule has 4 nitrogen and oxygen atoms in total. The Morgan fingerprint density at radius 3 is 2.42 bits per heavy atom. The summed E-state index contributed by atoms with van der Waals surface area (Å²) in [4.78, 5) is 23.4. The number of carbonyl (C=O) groups is 2. The van der Waals surface area contributed by atoms with Gasteiger partial charge in [-0.15, -0.1) is 0 Å². The summed E-state index contributed by atoms with van der Waals surface area (Å²) in [6.07, 6.45) is -6.19. The maximum absolute atomic E-state index is 13.5. The molecule has 0 bridgehead atoms. The highest BCUT2D eigenvalue weighted by atomic mass is 19.4. The maximum Gasteiger partial charge on any atom is 0.416 e. The van der Waals surface area contributed by atoms with Gasteiger partial charge in [0.1, 0.15) is 0 Å². The molecular formula is C23H20F6N2O2. The number of alkyl halides is 6. The number of hydrogen-bond acceptors (Lipinski definition) is 2. The van der Waals surface area contributed by atoms with E-state index in [1.165, 1.54) is 13.0 Å². The number of hydrogen-bond donors (Lipinski definition) is 2. The van der Waals surface area contributed by atoms with Crippen LogP contribution in [-0.4, -0.2) is 18.0 Å². The molecule has 2 amide bonds. The van der Waals surface area contributed by atoms with Crippen LogP contribution in [-0.2, 0) is 22.2 Å². The highest BCUT2D eigenvalue weighted by Crippen LogP contribution is 2.36. The van der Waals surface area contributed by atoms with Crippen LogP contribution in [0.4, 0.5) is 26.3 Å². The number of benzene rings is 2. The quantitative estimate of drug-likeness (QED) is 0.463. The van der Waals surface area contributed by atoms with Gasteiger partial charge < -0.3 is 10.6 Å². The average molecular weight is 470 g/mol. The summed E-state index contributed by atoms with van der Waals surface area (Å²) in [6.45, 7) is 1.42. The van der Waals surface area contributed by atoms with Crippen molar-refractivity contribution in [1.82, 2.24) is 10.6 Å². The molecule has 2 unspecified atom stereocenters. The molecule has 2 atom stereocenters. The summed E-state index contributed by atoms with van der Waals surface area (Å²) in [6, 6.07) is 5.26. The van der Waals surface area contributed by atoms with Crippen LogP contribution in [0.2, 0.25) is 0 Å². The third kappa shape index (κ3) is 6.15. The number of nitrogens with one attached hydrogen (secondary N) is 2. The van der Waals surface area contributed by atoms with E-state index < -0.39 is 35.4 Å². The first-order valence-corrected chi connectivity index (χ1v) is 9.97. The van der Waals surface area contributed by atoms with Gasteiger partial charge in [-0.1, -0.05) is 30.3 Å². The van der Waals surface area contributed by atoms with Crippen molar-refractivity contribution < 1.29 is 35.9 Å². The first kappa shape index (κ1) is 24.3. The minimum absolute atomic E-state index is 0.112. The van der Waals surface area contributed by atoms with Crippen molar-refractivity contribution in [3.8, 4) is 0 Å². The van der Waals surface area contributed by atoms with E-state index in [4.69, 9.17) is 0 Å². The molecular weight excluding hydrogens is 450 g/mol. The van der Waals surface area contributed by atoms with E-state index in [9.17, 15) is 35.9 Å². The lowest BCUT2D eigenvalue weighted by molar-refractivity contribution is -0.162. The molecule has 3 rings (SSSR count). The van der Waals surface area contributed by atoms with Crippen molar-refractivity contribution in [2.24, 2.45) is 0 Å². The molecule has 176 valence electrons. The zero-order valence-electron chi connectivity index (χ0n) is 17.3. The maximum atomic E-state index is 13.5. The lowest BCUT2D eigenvalue weighted by Crippen LogP contribution is -2.37. The van der Waals surface area contributed by atoms with Crippen LogP contribution in [0.1, 0.15) is 53.2 Å². The highest BCUT2D eigenvalue weighted by Gasteiger charge is 2.42. The number of fused-ring (bicyclic) bond motifs is 1. The monoisotopic (exact) mass is 470 g/mol. The molecule has 0 saturated heterocycles. The van der Waals surface area contributed by atoms with Gasteiger partial charge >= 0.3 is 12.4 Å². The molecule has 0 fully saturated rings. The predicted molar refractivity (Wildman–Crippen MR) is 109 cm³/mol. The number of carbonyl (C=O) groups excluding carboxylic acids is 2. The van der Waals surface area contributed by atoms with E-state index in [0.29, 0.717) is 30.5 Å². The van der Waals surface area contributed by atoms with E-state index in [2.05, 4.69) is 5.32 Å². The highest BCUT2D eigenvalue weighted by molar-refractivity contribution is 5.92. The van der Waals surface area contributed by atoms with Gasteiger partial charge in [-0.3, -0.25) is 9.59 Å². The number of aryl methyl sites for hydroxylation is 1. The van der Waals surface area contributed by atoms with Crippen LogP contribution in [0.15, 0.2) is 48.5 Å². The van der Waals surface area contributed by atoms with E-state index in [-0.39, 0.29) is 11.9 Å². The second kappa shape index (κ2) is 9.29. The standard InChI is InChI=1S/C23H20F6N2O2/c1-13(32)30-19-9-7-15-11-14(5-8-18(15)19)6-10-20(33)31-21(23(27,28)29)16-3-2-4-17(12-16)22(24,25)26/h2-6,8,10-12,19,21H,7,9H2,1H3,(H,30,32)(H,31,33)/b10-6+. The Labute approximate surface area is 185 Å². The summed E-state index contributed by atoms with van der Waals surface area (Å²) in [5, 5.41) is 4.57. The predicted octanol–water partition coefficient (Wildman–Crippen LogP) is 5.26. The van der Waals surface area contributed by atoms with Gasteiger partial charge in [0.15, 0.2) is 6.04 Å². The molecule has 0 aromatic heterocycles. The van der Waals surface area contributed by atoms with E-state index in [1.54, 1.807) is 23.5 Å². The first-order chi connectivity index (χ1) is 15.3. The molecule has 2 N–H and O–H groups in total. The van der Waals surface area contributed by atoms with Crippen molar-refractivity contribution in [2.45, 2.75) is 44.2 Å². The van der Waals surface area contributed by atoms with Gasteiger partial charge in [0, 0.05) is 13.0 Å². The number of amides is 2. The normalized spacial score (nSPS) is 17.0. The fraction of sp³-hybridized carbons (Fsp3) is 0.304. The van der Waals surface area contributed by atoms with Crippen LogP contribution in [0.25, 0.3) is 6.08 Å². The summed E-state index contributed by atoms with van der Waals surface area (Å²) in [7, 11) is 0. The van der Waals surface area contributed by atoms with Gasteiger partial charge in [0.2, 0.25) is 11.8 Å². The molecule has 1 aliphatic rings. The largest absolute Gasteiger partial charge is 0.416 e. The van der Waals surface area contributed by atoms with Crippen molar-refractivity contribution in [1.29, 1.82) is 0 Å². The Hall–Kier alpha value is -3.30. The fourth-order valence-corrected chi connectivity index (χ4v) is 3.75. The summed E-state index contributed by atoms with van der Waals surface area (Å²) in [5.41, 5.74) is 0.493. The van der Waals surface area contributed by atoms with E-state index >= 15 is 0 Å². The summed E-state index contributed by atoms with van der Waals surface area (Å²) < 4.78 is 79.1. The smallest absolute Gasteiger partial charge is 0.350 e. The minimum atomic E-state index is -5.00. The number of halogens is 6. The molecule has 0 heterocycles. The fourth-order valence-electron chi connectivity index (χ4n) is 3.75. The van der Waals surface area contributed by atoms with Gasteiger partial charge in [0.25, 0.3) is 0 Å². The van der Waals surface area contributed by atoms with Crippen LogP contribution in [0.5, 0.6) is 0 Å². The SMILES string of the molecule is CC(=O)NC1CCc2cc(/C=C/C(=O)NC(c3cccc(C(F)(F)F)c3)C(F)(F)F)ccc21. The number of rotatable bonds is 5. The minimum Gasteiger partial charge on any atom is -0.350 e. The molecule has 10 heteroatoms. The Morgan fingerprint density at radius 1 is 1.06 bits per heavy atom.